The number of aliphatic hydroxyl groups excluding tert-OH is 2. The molecule has 0 saturated carbocycles. The Balaban J connectivity index is 2.90. The Hall–Kier alpha value is -0.950. The topological polar surface area (TPSA) is 86.6 Å². The van der Waals surface area contributed by atoms with Gasteiger partial charge in [0.1, 0.15) is 0 Å². The van der Waals surface area contributed by atoms with E-state index in [1.54, 1.807) is 19.1 Å². The average Bonchev–Trinajstić information content (AvgIpc) is 2.35. The molecular formula is C12H19NO4S. The lowest BCUT2D eigenvalue weighted by atomic mass is 10.1. The zero-order valence-electron chi connectivity index (χ0n) is 10.5. The number of aliphatic hydroxyl groups is 2. The molecule has 3 N–H and O–H groups in total. The second kappa shape index (κ2) is 6.29. The van der Waals surface area contributed by atoms with E-state index in [1.807, 2.05) is 6.92 Å². The molecule has 2 atom stereocenters. The van der Waals surface area contributed by atoms with Gasteiger partial charge in [-0.3, -0.25) is 0 Å². The lowest BCUT2D eigenvalue weighted by Gasteiger charge is -2.21. The second-order valence-corrected chi connectivity index (χ2v) is 6.10. The van der Waals surface area contributed by atoms with Gasteiger partial charge < -0.3 is 10.2 Å². The third-order valence-electron chi connectivity index (χ3n) is 2.81. The molecule has 5 nitrogen and oxygen atoms in total. The van der Waals surface area contributed by atoms with Crippen LogP contribution in [0.3, 0.4) is 0 Å². The van der Waals surface area contributed by atoms with Gasteiger partial charge in [-0.1, -0.05) is 24.6 Å². The fraction of sp³-hybridized carbons (Fsp3) is 0.500. The van der Waals surface area contributed by atoms with Gasteiger partial charge >= 0.3 is 0 Å². The number of nitrogens with one attached hydrogen (secondary N) is 1. The summed E-state index contributed by atoms with van der Waals surface area (Å²) in [6.07, 6.45) is 0. The molecule has 1 aromatic rings. The predicted molar refractivity (Wildman–Crippen MR) is 68.6 cm³/mol. The molecule has 102 valence electrons. The average molecular weight is 273 g/mol. The van der Waals surface area contributed by atoms with E-state index in [2.05, 4.69) is 4.72 Å². The molecule has 0 heterocycles. The minimum Gasteiger partial charge on any atom is -0.396 e. The van der Waals surface area contributed by atoms with Gasteiger partial charge in [-0.15, -0.1) is 0 Å². The number of sulfonamides is 1. The molecule has 0 amide bonds. The highest BCUT2D eigenvalue weighted by Gasteiger charge is 2.23. The summed E-state index contributed by atoms with van der Waals surface area (Å²) in [5, 5.41) is 18.1. The number of hydrogen-bond donors (Lipinski definition) is 3. The molecule has 0 unspecified atom stereocenters. The van der Waals surface area contributed by atoms with E-state index in [0.29, 0.717) is 0 Å². The molecule has 0 radical (unpaired) electrons. The highest BCUT2D eigenvalue weighted by molar-refractivity contribution is 7.89. The standard InChI is InChI=1S/C12H19NO4S/c1-9-3-5-11(6-4-9)18(16,17)13-12(8-15)10(2)7-14/h3-6,10,12-15H,7-8H2,1-2H3/t10-,12+/m1/s1. The molecule has 0 aliphatic carbocycles. The van der Waals surface area contributed by atoms with Crippen molar-refractivity contribution in [3.63, 3.8) is 0 Å². The number of rotatable bonds is 6. The zero-order valence-corrected chi connectivity index (χ0v) is 11.3. The largest absolute Gasteiger partial charge is 0.396 e. The number of hydrogen-bond acceptors (Lipinski definition) is 4. The normalized spacial score (nSPS) is 15.3. The van der Waals surface area contributed by atoms with Crippen LogP contribution in [0.2, 0.25) is 0 Å². The summed E-state index contributed by atoms with van der Waals surface area (Å²) >= 11 is 0. The summed E-state index contributed by atoms with van der Waals surface area (Å²) in [7, 11) is -3.66. The van der Waals surface area contributed by atoms with Crippen molar-refractivity contribution in [1.29, 1.82) is 0 Å². The maximum absolute atomic E-state index is 12.0. The summed E-state index contributed by atoms with van der Waals surface area (Å²) in [6.45, 7) is 2.99. The maximum Gasteiger partial charge on any atom is 0.240 e. The van der Waals surface area contributed by atoms with Crippen LogP contribution in [0, 0.1) is 12.8 Å². The Bertz CT molecular complexity index is 469. The van der Waals surface area contributed by atoms with Gasteiger partial charge in [-0.2, -0.15) is 0 Å². The van der Waals surface area contributed by atoms with Gasteiger partial charge in [0.2, 0.25) is 10.0 Å². The van der Waals surface area contributed by atoms with Crippen LogP contribution < -0.4 is 4.72 Å². The van der Waals surface area contributed by atoms with Crippen LogP contribution in [0.5, 0.6) is 0 Å². The van der Waals surface area contributed by atoms with Crippen molar-refractivity contribution in [3.8, 4) is 0 Å². The Morgan fingerprint density at radius 3 is 2.17 bits per heavy atom. The van der Waals surface area contributed by atoms with Crippen LogP contribution in [0.25, 0.3) is 0 Å². The van der Waals surface area contributed by atoms with Crippen molar-refractivity contribution in [3.05, 3.63) is 29.8 Å². The molecule has 0 fully saturated rings. The van der Waals surface area contributed by atoms with Crippen molar-refractivity contribution >= 4 is 10.0 Å². The van der Waals surface area contributed by atoms with Crippen molar-refractivity contribution < 1.29 is 18.6 Å². The third-order valence-corrected chi connectivity index (χ3v) is 4.32. The second-order valence-electron chi connectivity index (χ2n) is 4.38. The summed E-state index contributed by atoms with van der Waals surface area (Å²) in [5.74, 6) is -0.352. The van der Waals surface area contributed by atoms with E-state index in [-0.39, 0.29) is 24.0 Å². The number of aryl methyl sites for hydroxylation is 1. The SMILES string of the molecule is Cc1ccc(S(=O)(=O)N[C@@H](CO)[C@H](C)CO)cc1. The predicted octanol–water partition coefficient (Wildman–Crippen LogP) is 0.263. The first-order chi connectivity index (χ1) is 8.40. The minimum atomic E-state index is -3.66. The Kier molecular flexibility index (Phi) is 5.28. The summed E-state index contributed by atoms with van der Waals surface area (Å²) in [5.41, 5.74) is 0.969. The van der Waals surface area contributed by atoms with Gasteiger partial charge in [-0.25, -0.2) is 13.1 Å². The van der Waals surface area contributed by atoms with E-state index in [9.17, 15) is 8.42 Å². The van der Waals surface area contributed by atoms with Gasteiger partial charge in [-0.05, 0) is 25.0 Å². The van der Waals surface area contributed by atoms with Crippen LogP contribution in [-0.2, 0) is 10.0 Å². The van der Waals surface area contributed by atoms with Crippen molar-refractivity contribution in [2.24, 2.45) is 5.92 Å². The van der Waals surface area contributed by atoms with E-state index in [4.69, 9.17) is 10.2 Å². The Labute approximate surface area is 108 Å². The molecule has 0 aliphatic heterocycles. The molecule has 0 aromatic heterocycles. The molecule has 0 aliphatic rings. The van der Waals surface area contributed by atoms with Gasteiger partial charge in [0.15, 0.2) is 0 Å². The van der Waals surface area contributed by atoms with Gasteiger partial charge in [0, 0.05) is 12.6 Å². The highest BCUT2D eigenvalue weighted by Crippen LogP contribution is 2.12. The lowest BCUT2D eigenvalue weighted by Crippen LogP contribution is -2.43. The molecular weight excluding hydrogens is 254 g/mol. The first-order valence-corrected chi connectivity index (χ1v) is 7.19. The molecule has 0 saturated heterocycles. The molecule has 0 bridgehead atoms. The van der Waals surface area contributed by atoms with Crippen LogP contribution in [0.1, 0.15) is 12.5 Å². The Morgan fingerprint density at radius 2 is 1.72 bits per heavy atom. The van der Waals surface area contributed by atoms with Gasteiger partial charge in [0.05, 0.1) is 11.5 Å². The smallest absolute Gasteiger partial charge is 0.240 e. The van der Waals surface area contributed by atoms with Crippen molar-refractivity contribution in [2.75, 3.05) is 13.2 Å². The minimum absolute atomic E-state index is 0.150. The third kappa shape index (κ3) is 3.78. The van der Waals surface area contributed by atoms with Gasteiger partial charge in [0.25, 0.3) is 0 Å². The summed E-state index contributed by atoms with van der Waals surface area (Å²) in [6, 6.07) is 5.74. The summed E-state index contributed by atoms with van der Waals surface area (Å²) in [4.78, 5) is 0.150. The Morgan fingerprint density at radius 1 is 1.17 bits per heavy atom. The fourth-order valence-electron chi connectivity index (χ4n) is 1.45. The maximum atomic E-state index is 12.0. The molecule has 18 heavy (non-hydrogen) atoms. The fourth-order valence-corrected chi connectivity index (χ4v) is 2.78. The highest BCUT2D eigenvalue weighted by atomic mass is 32.2. The lowest BCUT2D eigenvalue weighted by molar-refractivity contribution is 0.163. The van der Waals surface area contributed by atoms with E-state index < -0.39 is 16.1 Å². The zero-order chi connectivity index (χ0) is 13.8. The molecule has 1 aromatic carbocycles. The van der Waals surface area contributed by atoms with E-state index >= 15 is 0 Å². The monoisotopic (exact) mass is 273 g/mol. The first kappa shape index (κ1) is 15.1. The van der Waals surface area contributed by atoms with Crippen molar-refractivity contribution in [2.45, 2.75) is 24.8 Å². The molecule has 0 spiro atoms. The van der Waals surface area contributed by atoms with Crippen LogP contribution >= 0.6 is 0 Å². The van der Waals surface area contributed by atoms with Crippen LogP contribution in [-0.4, -0.2) is 37.9 Å². The van der Waals surface area contributed by atoms with E-state index in [0.717, 1.165) is 5.56 Å². The van der Waals surface area contributed by atoms with E-state index in [1.165, 1.54) is 12.1 Å². The molecule has 6 heteroatoms. The quantitative estimate of drug-likeness (QED) is 0.694. The van der Waals surface area contributed by atoms with Crippen LogP contribution in [0.15, 0.2) is 29.2 Å². The summed E-state index contributed by atoms with van der Waals surface area (Å²) < 4.78 is 26.5. The van der Waals surface area contributed by atoms with Crippen LogP contribution in [0.4, 0.5) is 0 Å². The first-order valence-electron chi connectivity index (χ1n) is 5.71. The van der Waals surface area contributed by atoms with Crippen molar-refractivity contribution in [1.82, 2.24) is 4.72 Å². The molecule has 1 rings (SSSR count). The number of benzene rings is 1.